The van der Waals surface area contributed by atoms with Crippen LogP contribution in [0.3, 0.4) is 0 Å². The predicted octanol–water partition coefficient (Wildman–Crippen LogP) is 3.47. The summed E-state index contributed by atoms with van der Waals surface area (Å²) in [6.45, 7) is 0. The van der Waals surface area contributed by atoms with Crippen molar-refractivity contribution in [2.24, 2.45) is 0 Å². The number of nitrogens with zero attached hydrogens (tertiary/aromatic N) is 1. The lowest BCUT2D eigenvalue weighted by Crippen LogP contribution is -2.04. The summed E-state index contributed by atoms with van der Waals surface area (Å²) < 4.78 is 1.97. The SMILES string of the molecule is Nc1cc(C(=O)O)cnc1Nc1ccc(I)cc1Br. The quantitative estimate of drug-likeness (QED) is 0.645. The molecule has 0 saturated carbocycles. The molecule has 0 atom stereocenters. The van der Waals surface area contributed by atoms with Crippen LogP contribution in [0.5, 0.6) is 0 Å². The number of benzene rings is 1. The van der Waals surface area contributed by atoms with Crippen LogP contribution in [0.1, 0.15) is 10.4 Å². The first-order chi connectivity index (χ1) is 8.97. The average Bonchev–Trinajstić information content (AvgIpc) is 2.34. The zero-order valence-electron chi connectivity index (χ0n) is 9.52. The van der Waals surface area contributed by atoms with E-state index in [0.717, 1.165) is 13.7 Å². The zero-order valence-corrected chi connectivity index (χ0v) is 13.3. The van der Waals surface area contributed by atoms with Crippen LogP contribution in [0.2, 0.25) is 0 Å². The van der Waals surface area contributed by atoms with Crippen molar-refractivity contribution in [3.05, 3.63) is 44.1 Å². The molecule has 5 nitrogen and oxygen atoms in total. The number of carboxylic acids is 1. The normalized spacial score (nSPS) is 10.2. The summed E-state index contributed by atoms with van der Waals surface area (Å²) in [4.78, 5) is 14.8. The molecule has 4 N–H and O–H groups in total. The van der Waals surface area contributed by atoms with Crippen LogP contribution in [-0.2, 0) is 0 Å². The summed E-state index contributed by atoms with van der Waals surface area (Å²) in [6, 6.07) is 7.15. The molecule has 1 aromatic carbocycles. The van der Waals surface area contributed by atoms with Gasteiger partial charge in [-0.05, 0) is 62.8 Å². The molecule has 0 aliphatic carbocycles. The van der Waals surface area contributed by atoms with Crippen molar-refractivity contribution in [3.8, 4) is 0 Å². The second-order valence-corrected chi connectivity index (χ2v) is 5.82. The average molecular weight is 434 g/mol. The molecule has 0 aliphatic heterocycles. The highest BCUT2D eigenvalue weighted by Gasteiger charge is 2.09. The summed E-state index contributed by atoms with van der Waals surface area (Å²) in [5.74, 6) is -0.631. The Hall–Kier alpha value is -1.35. The molecule has 1 heterocycles. The molecule has 0 radical (unpaired) electrons. The summed E-state index contributed by atoms with van der Waals surface area (Å²) in [5.41, 5.74) is 6.93. The maximum atomic E-state index is 10.8. The van der Waals surface area contributed by atoms with E-state index in [-0.39, 0.29) is 11.3 Å². The molecule has 98 valence electrons. The standard InChI is InChI=1S/C12H9BrIN3O2/c13-8-4-7(14)1-2-10(8)17-11-9(15)3-6(5-16-11)12(18)19/h1-5H,15H2,(H,16,17)(H,18,19). The van der Waals surface area contributed by atoms with E-state index in [1.54, 1.807) is 0 Å². The number of nitrogens with two attached hydrogens (primary N) is 1. The highest BCUT2D eigenvalue weighted by molar-refractivity contribution is 14.1. The second kappa shape index (κ2) is 5.74. The van der Waals surface area contributed by atoms with Crippen molar-refractivity contribution in [1.29, 1.82) is 0 Å². The third kappa shape index (κ3) is 3.35. The van der Waals surface area contributed by atoms with Crippen molar-refractivity contribution in [1.82, 2.24) is 4.98 Å². The first-order valence-electron chi connectivity index (χ1n) is 5.18. The van der Waals surface area contributed by atoms with Gasteiger partial charge in [0.15, 0.2) is 5.82 Å². The van der Waals surface area contributed by atoms with Gasteiger partial charge < -0.3 is 16.2 Å². The number of carboxylic acid groups (broad SMARTS) is 1. The van der Waals surface area contributed by atoms with E-state index in [4.69, 9.17) is 10.8 Å². The van der Waals surface area contributed by atoms with Crippen LogP contribution in [0, 0.1) is 3.57 Å². The number of nitrogens with one attached hydrogen (secondary N) is 1. The molecule has 0 bridgehead atoms. The largest absolute Gasteiger partial charge is 0.478 e. The van der Waals surface area contributed by atoms with Gasteiger partial charge in [-0.1, -0.05) is 0 Å². The highest BCUT2D eigenvalue weighted by atomic mass is 127. The van der Waals surface area contributed by atoms with Crippen LogP contribution >= 0.6 is 38.5 Å². The Morgan fingerprint density at radius 1 is 1.42 bits per heavy atom. The maximum Gasteiger partial charge on any atom is 0.337 e. The Balaban J connectivity index is 2.31. The number of pyridine rings is 1. The summed E-state index contributed by atoms with van der Waals surface area (Å²) >= 11 is 5.64. The number of hydrogen-bond acceptors (Lipinski definition) is 4. The molecule has 0 spiro atoms. The third-order valence-electron chi connectivity index (χ3n) is 2.35. The summed E-state index contributed by atoms with van der Waals surface area (Å²) in [5, 5.41) is 11.9. The minimum atomic E-state index is -1.05. The first kappa shape index (κ1) is 14.1. The number of aromatic carboxylic acids is 1. The lowest BCUT2D eigenvalue weighted by Gasteiger charge is -2.10. The van der Waals surface area contributed by atoms with Gasteiger partial charge in [-0.3, -0.25) is 0 Å². The van der Waals surface area contributed by atoms with Crippen molar-refractivity contribution in [2.75, 3.05) is 11.1 Å². The fourth-order valence-corrected chi connectivity index (χ4v) is 2.82. The van der Waals surface area contributed by atoms with Crippen LogP contribution in [-0.4, -0.2) is 16.1 Å². The van der Waals surface area contributed by atoms with Crippen LogP contribution in [0.4, 0.5) is 17.2 Å². The molecule has 2 rings (SSSR count). The number of hydrogen-bond donors (Lipinski definition) is 3. The second-order valence-electron chi connectivity index (χ2n) is 3.72. The fourth-order valence-electron chi connectivity index (χ4n) is 1.42. The van der Waals surface area contributed by atoms with Crippen molar-refractivity contribution in [3.63, 3.8) is 0 Å². The van der Waals surface area contributed by atoms with Crippen LogP contribution < -0.4 is 11.1 Å². The Bertz CT molecular complexity index is 649. The Labute approximate surface area is 131 Å². The summed E-state index contributed by atoms with van der Waals surface area (Å²) in [7, 11) is 0. The van der Waals surface area contributed by atoms with Gasteiger partial charge in [0, 0.05) is 14.2 Å². The highest BCUT2D eigenvalue weighted by Crippen LogP contribution is 2.29. The minimum absolute atomic E-state index is 0.0599. The molecule has 0 aliphatic rings. The van der Waals surface area contributed by atoms with Gasteiger partial charge in [-0.15, -0.1) is 0 Å². The van der Waals surface area contributed by atoms with Gasteiger partial charge in [0.25, 0.3) is 0 Å². The molecule has 0 unspecified atom stereocenters. The van der Waals surface area contributed by atoms with E-state index in [1.165, 1.54) is 12.3 Å². The molecule has 0 amide bonds. The smallest absolute Gasteiger partial charge is 0.337 e. The molecule has 0 fully saturated rings. The van der Waals surface area contributed by atoms with Gasteiger partial charge in [0.1, 0.15) is 0 Å². The lowest BCUT2D eigenvalue weighted by molar-refractivity contribution is 0.0696. The van der Waals surface area contributed by atoms with E-state index in [0.29, 0.717) is 5.82 Å². The number of rotatable bonds is 3. The fraction of sp³-hybridized carbons (Fsp3) is 0. The van der Waals surface area contributed by atoms with Crippen molar-refractivity contribution < 1.29 is 9.90 Å². The van der Waals surface area contributed by atoms with Gasteiger partial charge >= 0.3 is 5.97 Å². The number of halogens is 2. The molecule has 1 aromatic heterocycles. The molecular weight excluding hydrogens is 425 g/mol. The Kier molecular flexibility index (Phi) is 4.25. The van der Waals surface area contributed by atoms with Crippen LogP contribution in [0.25, 0.3) is 0 Å². The van der Waals surface area contributed by atoms with E-state index in [9.17, 15) is 4.79 Å². The number of aromatic nitrogens is 1. The van der Waals surface area contributed by atoms with E-state index < -0.39 is 5.97 Å². The van der Waals surface area contributed by atoms with Crippen molar-refractivity contribution in [2.45, 2.75) is 0 Å². The third-order valence-corrected chi connectivity index (χ3v) is 3.68. The van der Waals surface area contributed by atoms with Gasteiger partial charge in [-0.25, -0.2) is 9.78 Å². The predicted molar refractivity (Wildman–Crippen MR) is 85.8 cm³/mol. The minimum Gasteiger partial charge on any atom is -0.478 e. The van der Waals surface area contributed by atoms with E-state index in [2.05, 4.69) is 48.8 Å². The van der Waals surface area contributed by atoms with E-state index in [1.807, 2.05) is 18.2 Å². The van der Waals surface area contributed by atoms with Crippen molar-refractivity contribution >= 4 is 61.7 Å². The molecule has 7 heteroatoms. The number of carbonyl (C=O) groups is 1. The lowest BCUT2D eigenvalue weighted by atomic mass is 10.2. The molecule has 0 saturated heterocycles. The Morgan fingerprint density at radius 2 is 2.16 bits per heavy atom. The molecule has 2 aromatic rings. The monoisotopic (exact) mass is 433 g/mol. The van der Waals surface area contributed by atoms with Crippen LogP contribution in [0.15, 0.2) is 34.9 Å². The molecule has 19 heavy (non-hydrogen) atoms. The molecular formula is C12H9BrIN3O2. The van der Waals surface area contributed by atoms with Gasteiger partial charge in [-0.2, -0.15) is 0 Å². The number of nitrogen functional groups attached to an aromatic ring is 1. The number of anilines is 3. The van der Waals surface area contributed by atoms with Gasteiger partial charge in [0.05, 0.1) is 16.9 Å². The Morgan fingerprint density at radius 3 is 2.74 bits per heavy atom. The van der Waals surface area contributed by atoms with Gasteiger partial charge in [0.2, 0.25) is 0 Å². The summed E-state index contributed by atoms with van der Waals surface area (Å²) in [6.07, 6.45) is 1.27. The topological polar surface area (TPSA) is 88.2 Å². The maximum absolute atomic E-state index is 10.8. The zero-order chi connectivity index (χ0) is 14.0. The first-order valence-corrected chi connectivity index (χ1v) is 7.05. The van der Waals surface area contributed by atoms with E-state index >= 15 is 0 Å².